The van der Waals surface area contributed by atoms with Gasteiger partial charge in [-0.15, -0.1) is 0 Å². The lowest BCUT2D eigenvalue weighted by molar-refractivity contribution is 0.177. The summed E-state index contributed by atoms with van der Waals surface area (Å²) in [5.74, 6) is 0.821. The Labute approximate surface area is 80.0 Å². The van der Waals surface area contributed by atoms with Crippen molar-refractivity contribution < 1.29 is 8.42 Å². The summed E-state index contributed by atoms with van der Waals surface area (Å²) in [5.41, 5.74) is 0. The molecule has 2 fully saturated rings. The van der Waals surface area contributed by atoms with E-state index in [1.807, 2.05) is 0 Å². The predicted molar refractivity (Wildman–Crippen MR) is 52.5 cm³/mol. The first-order chi connectivity index (χ1) is 6.17. The molecule has 76 valence electrons. The molecular formula is C9H17NO2S. The van der Waals surface area contributed by atoms with E-state index in [1.165, 1.54) is 19.3 Å². The van der Waals surface area contributed by atoms with Crippen molar-refractivity contribution in [1.82, 2.24) is 4.90 Å². The van der Waals surface area contributed by atoms with Crippen molar-refractivity contribution in [2.24, 2.45) is 0 Å². The first-order valence-electron chi connectivity index (χ1n) is 5.12. The Hall–Kier alpha value is -0.0900. The third kappa shape index (κ3) is 2.23. The molecule has 0 bridgehead atoms. The SMILES string of the molecule is O=S1(=O)CCC(N2CCCCC2)C1. The third-order valence-electron chi connectivity index (χ3n) is 3.12. The van der Waals surface area contributed by atoms with Crippen LogP contribution >= 0.6 is 0 Å². The number of sulfone groups is 1. The summed E-state index contributed by atoms with van der Waals surface area (Å²) in [6.07, 6.45) is 4.67. The third-order valence-corrected chi connectivity index (χ3v) is 4.87. The van der Waals surface area contributed by atoms with Gasteiger partial charge in [0.2, 0.25) is 0 Å². The molecule has 2 rings (SSSR count). The lowest BCUT2D eigenvalue weighted by Crippen LogP contribution is -2.39. The van der Waals surface area contributed by atoms with Crippen LogP contribution in [0.25, 0.3) is 0 Å². The number of rotatable bonds is 1. The standard InChI is InChI=1S/C9H17NO2S/c11-13(12)7-4-9(8-13)10-5-2-1-3-6-10/h9H,1-8H2. The molecule has 0 aliphatic carbocycles. The van der Waals surface area contributed by atoms with Crippen molar-refractivity contribution in [1.29, 1.82) is 0 Å². The maximum absolute atomic E-state index is 11.3. The van der Waals surface area contributed by atoms with Crippen LogP contribution in [0, 0.1) is 0 Å². The molecule has 3 nitrogen and oxygen atoms in total. The molecule has 13 heavy (non-hydrogen) atoms. The van der Waals surface area contributed by atoms with Crippen LogP contribution in [0.2, 0.25) is 0 Å². The molecule has 2 aliphatic rings. The second-order valence-electron chi connectivity index (χ2n) is 4.15. The molecular weight excluding hydrogens is 186 g/mol. The molecule has 0 amide bonds. The molecule has 0 aromatic heterocycles. The van der Waals surface area contributed by atoms with Gasteiger partial charge in [-0.25, -0.2) is 8.42 Å². The van der Waals surface area contributed by atoms with Crippen molar-refractivity contribution in [3.05, 3.63) is 0 Å². The number of hydrogen-bond donors (Lipinski definition) is 0. The molecule has 2 saturated heterocycles. The molecule has 1 unspecified atom stereocenters. The second kappa shape index (κ2) is 3.58. The zero-order valence-corrected chi connectivity index (χ0v) is 8.72. The Kier molecular flexibility index (Phi) is 2.60. The van der Waals surface area contributed by atoms with E-state index in [2.05, 4.69) is 4.90 Å². The van der Waals surface area contributed by atoms with E-state index in [1.54, 1.807) is 0 Å². The fraction of sp³-hybridized carbons (Fsp3) is 1.00. The number of nitrogens with zero attached hydrogens (tertiary/aromatic N) is 1. The highest BCUT2D eigenvalue weighted by Gasteiger charge is 2.32. The van der Waals surface area contributed by atoms with Crippen LogP contribution in [0.4, 0.5) is 0 Å². The van der Waals surface area contributed by atoms with Gasteiger partial charge in [-0.2, -0.15) is 0 Å². The predicted octanol–water partition coefficient (Wildman–Crippen LogP) is 0.659. The maximum Gasteiger partial charge on any atom is 0.151 e. The van der Waals surface area contributed by atoms with Gasteiger partial charge in [0.25, 0.3) is 0 Å². The van der Waals surface area contributed by atoms with Crippen LogP contribution in [0.5, 0.6) is 0 Å². The second-order valence-corrected chi connectivity index (χ2v) is 6.38. The van der Waals surface area contributed by atoms with Gasteiger partial charge in [-0.1, -0.05) is 6.42 Å². The summed E-state index contributed by atoms with van der Waals surface area (Å²) < 4.78 is 22.5. The van der Waals surface area contributed by atoms with Gasteiger partial charge in [0.05, 0.1) is 11.5 Å². The molecule has 0 saturated carbocycles. The number of hydrogen-bond acceptors (Lipinski definition) is 3. The monoisotopic (exact) mass is 203 g/mol. The van der Waals surface area contributed by atoms with E-state index in [9.17, 15) is 8.42 Å². The van der Waals surface area contributed by atoms with E-state index >= 15 is 0 Å². The molecule has 0 spiro atoms. The van der Waals surface area contributed by atoms with E-state index in [4.69, 9.17) is 0 Å². The van der Waals surface area contributed by atoms with Crippen molar-refractivity contribution in [2.45, 2.75) is 31.7 Å². The molecule has 1 atom stereocenters. The largest absolute Gasteiger partial charge is 0.299 e. The smallest absolute Gasteiger partial charge is 0.151 e. The Balaban J connectivity index is 1.95. The zero-order valence-electron chi connectivity index (χ0n) is 7.91. The lowest BCUT2D eigenvalue weighted by Gasteiger charge is -2.31. The molecule has 2 heterocycles. The Morgan fingerprint density at radius 2 is 1.77 bits per heavy atom. The van der Waals surface area contributed by atoms with Gasteiger partial charge in [-0.3, -0.25) is 4.90 Å². The quantitative estimate of drug-likeness (QED) is 0.628. The summed E-state index contributed by atoms with van der Waals surface area (Å²) in [4.78, 5) is 2.37. The van der Waals surface area contributed by atoms with Crippen LogP contribution in [-0.2, 0) is 9.84 Å². The fourth-order valence-electron chi connectivity index (χ4n) is 2.35. The van der Waals surface area contributed by atoms with Gasteiger partial charge >= 0.3 is 0 Å². The van der Waals surface area contributed by atoms with Crippen LogP contribution < -0.4 is 0 Å². The normalized spacial score (nSPS) is 34.9. The molecule has 0 aromatic carbocycles. The van der Waals surface area contributed by atoms with Gasteiger partial charge in [0.15, 0.2) is 9.84 Å². The summed E-state index contributed by atoms with van der Waals surface area (Å²) in [6.45, 7) is 2.22. The minimum atomic E-state index is -2.69. The Morgan fingerprint density at radius 3 is 2.31 bits per heavy atom. The molecule has 4 heteroatoms. The molecule has 0 N–H and O–H groups in total. The minimum Gasteiger partial charge on any atom is -0.299 e. The first-order valence-corrected chi connectivity index (χ1v) is 6.94. The maximum atomic E-state index is 11.3. The molecule has 0 aromatic rings. The van der Waals surface area contributed by atoms with Crippen LogP contribution in [-0.4, -0.2) is 44.0 Å². The van der Waals surface area contributed by atoms with Crippen molar-refractivity contribution in [3.8, 4) is 0 Å². The summed E-state index contributed by atoms with van der Waals surface area (Å²) in [7, 11) is -2.69. The van der Waals surface area contributed by atoms with E-state index in [-0.39, 0.29) is 0 Å². The molecule has 0 radical (unpaired) electrons. The van der Waals surface area contributed by atoms with Gasteiger partial charge < -0.3 is 0 Å². The highest BCUT2D eigenvalue weighted by Crippen LogP contribution is 2.21. The highest BCUT2D eigenvalue weighted by atomic mass is 32.2. The van der Waals surface area contributed by atoms with Crippen LogP contribution in [0.1, 0.15) is 25.7 Å². The minimum absolute atomic E-state index is 0.338. The number of likely N-dealkylation sites (tertiary alicyclic amines) is 1. The van der Waals surface area contributed by atoms with Gasteiger partial charge in [0.1, 0.15) is 0 Å². The Morgan fingerprint density at radius 1 is 1.08 bits per heavy atom. The summed E-state index contributed by atoms with van der Waals surface area (Å²) in [6, 6.07) is 0.338. The van der Waals surface area contributed by atoms with Crippen LogP contribution in [0.15, 0.2) is 0 Å². The average Bonchev–Trinajstić information content (AvgIpc) is 2.48. The number of piperidine rings is 1. The highest BCUT2D eigenvalue weighted by molar-refractivity contribution is 7.91. The topological polar surface area (TPSA) is 37.4 Å². The van der Waals surface area contributed by atoms with E-state index < -0.39 is 9.84 Å². The van der Waals surface area contributed by atoms with E-state index in [0.29, 0.717) is 17.5 Å². The average molecular weight is 203 g/mol. The van der Waals surface area contributed by atoms with Gasteiger partial charge in [-0.05, 0) is 32.4 Å². The van der Waals surface area contributed by atoms with Crippen LogP contribution in [0.3, 0.4) is 0 Å². The molecule has 2 aliphatic heterocycles. The first kappa shape index (κ1) is 9.46. The lowest BCUT2D eigenvalue weighted by atomic mass is 10.1. The van der Waals surface area contributed by atoms with Crippen molar-refractivity contribution in [3.63, 3.8) is 0 Å². The van der Waals surface area contributed by atoms with Crippen molar-refractivity contribution >= 4 is 9.84 Å². The van der Waals surface area contributed by atoms with Gasteiger partial charge in [0, 0.05) is 6.04 Å². The van der Waals surface area contributed by atoms with Crippen molar-refractivity contribution in [2.75, 3.05) is 24.6 Å². The summed E-state index contributed by atoms with van der Waals surface area (Å²) >= 11 is 0. The zero-order chi connectivity index (χ0) is 9.31. The fourth-order valence-corrected chi connectivity index (χ4v) is 4.11. The summed E-state index contributed by atoms with van der Waals surface area (Å²) in [5, 5.41) is 0. The Bertz CT molecular complexity index is 267. The van der Waals surface area contributed by atoms with E-state index in [0.717, 1.165) is 19.5 Å².